The Balaban J connectivity index is -0.000000722. The van der Waals surface area contributed by atoms with Gasteiger partial charge in [-0.2, -0.15) is 0 Å². The summed E-state index contributed by atoms with van der Waals surface area (Å²) < 4.78 is 26.2. The van der Waals surface area contributed by atoms with Crippen LogP contribution >= 0.6 is 0 Å². The number of rotatable bonds is 12. The zero-order chi connectivity index (χ0) is 33.4. The molecule has 0 aliphatic carbocycles. The Kier molecular flexibility index (Phi) is 29.6. The Bertz CT molecular complexity index is 1040. The SMILES string of the molecule is CC(C)O.CC(C)O.CCCCCCc1c[c-]c(C(=O)OC(C)(C)C)c(CCCCCC)c1.Cc1ccc([S-](=O)=O)cc1.[Ti+2]. The van der Waals surface area contributed by atoms with Crippen molar-refractivity contribution < 1.29 is 49.9 Å². The molecule has 0 aliphatic heterocycles. The van der Waals surface area contributed by atoms with Crippen molar-refractivity contribution in [2.75, 3.05) is 0 Å². The van der Waals surface area contributed by atoms with Gasteiger partial charge in [-0.25, -0.2) is 0 Å². The second-order valence-corrected chi connectivity index (χ2v) is 13.2. The largest absolute Gasteiger partial charge is 2.00 e. The second-order valence-electron chi connectivity index (χ2n) is 12.3. The van der Waals surface area contributed by atoms with Gasteiger partial charge in [0.05, 0.1) is 5.60 Å². The van der Waals surface area contributed by atoms with Crippen LogP contribution in [0.5, 0.6) is 0 Å². The molecule has 2 rings (SSSR count). The van der Waals surface area contributed by atoms with Crippen LogP contribution in [0, 0.1) is 13.0 Å². The summed E-state index contributed by atoms with van der Waals surface area (Å²) in [5.41, 5.74) is 3.63. The predicted molar refractivity (Wildman–Crippen MR) is 179 cm³/mol. The summed E-state index contributed by atoms with van der Waals surface area (Å²) in [4.78, 5) is 12.9. The van der Waals surface area contributed by atoms with Crippen LogP contribution in [0.4, 0.5) is 0 Å². The maximum Gasteiger partial charge on any atom is 2.00 e. The minimum absolute atomic E-state index is 0. The van der Waals surface area contributed by atoms with Gasteiger partial charge in [-0.3, -0.25) is 0 Å². The van der Waals surface area contributed by atoms with Crippen LogP contribution in [0.1, 0.15) is 141 Å². The van der Waals surface area contributed by atoms with Crippen molar-refractivity contribution in [2.24, 2.45) is 0 Å². The van der Waals surface area contributed by atoms with E-state index in [1.54, 1.807) is 52.0 Å². The molecule has 0 atom stereocenters. The molecule has 250 valence electrons. The second kappa shape index (κ2) is 27.8. The van der Waals surface area contributed by atoms with Crippen molar-refractivity contribution in [1.82, 2.24) is 0 Å². The van der Waals surface area contributed by atoms with Crippen molar-refractivity contribution in [2.45, 2.75) is 156 Å². The Morgan fingerprint density at radius 1 is 0.841 bits per heavy atom. The first-order valence-electron chi connectivity index (χ1n) is 15.8. The van der Waals surface area contributed by atoms with E-state index in [-0.39, 0.29) is 39.9 Å². The predicted octanol–water partition coefficient (Wildman–Crippen LogP) is 9.12. The molecule has 0 saturated heterocycles. The number of aryl methyl sites for hydroxylation is 3. The van der Waals surface area contributed by atoms with Crippen molar-refractivity contribution >= 4 is 16.7 Å². The minimum Gasteiger partial charge on any atom is -0.500 e. The smallest absolute Gasteiger partial charge is 0.500 e. The molecule has 44 heavy (non-hydrogen) atoms. The van der Waals surface area contributed by atoms with Crippen LogP contribution in [0.2, 0.25) is 0 Å². The molecule has 0 fully saturated rings. The Hall–Kier alpha value is -1.51. The molecule has 0 spiro atoms. The third-order valence-electron chi connectivity index (χ3n) is 5.52. The van der Waals surface area contributed by atoms with Crippen molar-refractivity contribution in [3.63, 3.8) is 0 Å². The molecule has 0 amide bonds. The molecule has 2 aromatic rings. The first kappa shape index (κ1) is 46.9. The monoisotopic (exact) mass is 668 g/mol. The van der Waals surface area contributed by atoms with Gasteiger partial charge in [-0.05, 0) is 66.1 Å². The molecule has 8 heteroatoms. The number of esters is 1. The van der Waals surface area contributed by atoms with Gasteiger partial charge in [0.15, 0.2) is 0 Å². The molecular formula is C36H60O6STi. The van der Waals surface area contributed by atoms with Gasteiger partial charge in [-0.15, -0.1) is 29.3 Å². The fraction of sp³-hybridized carbons (Fsp3) is 0.639. The van der Waals surface area contributed by atoms with Crippen molar-refractivity contribution in [1.29, 1.82) is 0 Å². The minimum atomic E-state index is -2.09. The molecule has 0 aromatic heterocycles. The van der Waals surface area contributed by atoms with Gasteiger partial charge in [-0.1, -0.05) is 118 Å². The van der Waals surface area contributed by atoms with E-state index in [0.717, 1.165) is 30.4 Å². The average molecular weight is 669 g/mol. The maximum atomic E-state index is 12.5. The number of aliphatic hydroxyl groups excluding tert-OH is 2. The van der Waals surface area contributed by atoms with Gasteiger partial charge in [0, 0.05) is 12.2 Å². The summed E-state index contributed by atoms with van der Waals surface area (Å²) in [5, 5.41) is 16.1. The van der Waals surface area contributed by atoms with Gasteiger partial charge in [0.2, 0.25) is 0 Å². The normalized spacial score (nSPS) is 10.5. The Morgan fingerprint density at radius 2 is 1.30 bits per heavy atom. The summed E-state index contributed by atoms with van der Waals surface area (Å²) >= 11 is 0. The van der Waals surface area contributed by atoms with Gasteiger partial charge < -0.3 is 28.2 Å². The number of hydrogen-bond donors (Lipinski definition) is 2. The molecule has 0 unspecified atom stereocenters. The van der Waals surface area contributed by atoms with E-state index in [9.17, 15) is 13.2 Å². The maximum absolute atomic E-state index is 12.5. The Labute approximate surface area is 286 Å². The zero-order valence-electron chi connectivity index (χ0n) is 29.1. The number of carbonyl (C=O) groups is 1. The van der Waals surface area contributed by atoms with Crippen LogP contribution in [0.25, 0.3) is 0 Å². The first-order valence-corrected chi connectivity index (χ1v) is 16.9. The molecule has 0 heterocycles. The van der Waals surface area contributed by atoms with E-state index in [4.69, 9.17) is 14.9 Å². The molecule has 2 aromatic carbocycles. The fourth-order valence-electron chi connectivity index (χ4n) is 3.60. The van der Waals surface area contributed by atoms with E-state index < -0.39 is 16.3 Å². The summed E-state index contributed by atoms with van der Waals surface area (Å²) in [6.45, 7) is 19.0. The summed E-state index contributed by atoms with van der Waals surface area (Å²) in [6.07, 6.45) is 11.5. The average Bonchev–Trinajstić information content (AvgIpc) is 2.88. The van der Waals surface area contributed by atoms with Crippen molar-refractivity contribution in [3.8, 4) is 0 Å². The van der Waals surface area contributed by atoms with Crippen LogP contribution in [-0.2, 0) is 58.4 Å². The molecule has 0 saturated carbocycles. The Morgan fingerprint density at radius 3 is 1.70 bits per heavy atom. The third-order valence-corrected chi connectivity index (χ3v) is 6.17. The standard InChI is InChI=1S/C23H37O2.C7H7O2S.2C3H8O.Ti/c1-6-8-10-12-14-19-16-17-21(22(24)25-23(3,4)5)20(18-19)15-13-11-9-7-2;1-6-2-4-7(5-3-6)10(8)9;2*1-3(2)4;/h16,18H,6-15H2,1-5H3;2-5H,1H3;2*3-4H,1-2H3;/q2*-1;;;+2. The third kappa shape index (κ3) is 29.2. The van der Waals surface area contributed by atoms with Gasteiger partial charge in [0.25, 0.3) is 5.97 Å². The topological polar surface area (TPSA) is 101 Å². The number of aliphatic hydroxyl groups is 2. The first-order chi connectivity index (χ1) is 20.0. The summed E-state index contributed by atoms with van der Waals surface area (Å²) in [5.74, 6) is -0.240. The van der Waals surface area contributed by atoms with Crippen LogP contribution in [-0.4, -0.2) is 34.0 Å². The van der Waals surface area contributed by atoms with E-state index >= 15 is 0 Å². The number of benzene rings is 2. The summed E-state index contributed by atoms with van der Waals surface area (Å²) in [7, 11) is -2.09. The van der Waals surface area contributed by atoms with E-state index in [1.807, 2.05) is 33.8 Å². The number of hydrogen-bond acceptors (Lipinski definition) is 7. The molecular weight excluding hydrogens is 608 g/mol. The van der Waals surface area contributed by atoms with Crippen LogP contribution in [0.3, 0.4) is 0 Å². The van der Waals surface area contributed by atoms with Crippen LogP contribution in [0.15, 0.2) is 41.3 Å². The quantitative estimate of drug-likeness (QED) is 0.0769. The van der Waals surface area contributed by atoms with Gasteiger partial charge in [0.1, 0.15) is 0 Å². The van der Waals surface area contributed by atoms with Crippen LogP contribution < -0.4 is 0 Å². The number of unbranched alkanes of at least 4 members (excludes halogenated alkanes) is 6. The zero-order valence-corrected chi connectivity index (χ0v) is 31.5. The van der Waals surface area contributed by atoms with E-state index in [2.05, 4.69) is 26.0 Å². The van der Waals surface area contributed by atoms with E-state index in [1.165, 1.54) is 50.5 Å². The molecule has 6 nitrogen and oxygen atoms in total. The van der Waals surface area contributed by atoms with Gasteiger partial charge >= 0.3 is 21.7 Å². The molecule has 0 radical (unpaired) electrons. The summed E-state index contributed by atoms with van der Waals surface area (Å²) in [6, 6.07) is 14.1. The molecule has 2 N–H and O–H groups in total. The fourth-order valence-corrected chi connectivity index (χ4v) is 3.96. The van der Waals surface area contributed by atoms with Crippen molar-refractivity contribution in [3.05, 3.63) is 64.7 Å². The molecule has 0 aliphatic rings. The number of ether oxygens (including phenoxy) is 1. The number of carbonyl (C=O) groups excluding carboxylic acids is 1. The molecule has 0 bridgehead atoms. The van der Waals surface area contributed by atoms with E-state index in [0.29, 0.717) is 10.5 Å².